The lowest BCUT2D eigenvalue weighted by Crippen LogP contribution is -2.49. The van der Waals surface area contributed by atoms with Crippen LogP contribution in [0.5, 0.6) is 0 Å². The maximum atomic E-state index is 12.1. The standard InChI is InChI=1S/C13H17N3O4/c1-7(2)10(16-13(14)20)11(17)15-9-6-4-3-5-8(9)12(18)19/h3-7,10H,1-2H3,(H,15,17)(H,18,19)(H3,14,16,20)/t10-/m0/s1. The van der Waals surface area contributed by atoms with Crippen molar-refractivity contribution in [2.24, 2.45) is 11.7 Å². The van der Waals surface area contributed by atoms with E-state index in [9.17, 15) is 14.4 Å². The first-order chi connectivity index (χ1) is 9.32. The largest absolute Gasteiger partial charge is 0.478 e. The molecular formula is C13H17N3O4. The minimum absolute atomic E-state index is 0.0255. The second kappa shape index (κ2) is 6.55. The minimum atomic E-state index is -1.15. The summed E-state index contributed by atoms with van der Waals surface area (Å²) in [6, 6.07) is 4.36. The van der Waals surface area contributed by atoms with Gasteiger partial charge in [-0.05, 0) is 18.1 Å². The number of para-hydroxylation sites is 1. The van der Waals surface area contributed by atoms with Crippen LogP contribution in [0.1, 0.15) is 24.2 Å². The highest BCUT2D eigenvalue weighted by atomic mass is 16.4. The van der Waals surface area contributed by atoms with E-state index in [0.717, 1.165) is 0 Å². The fourth-order valence-corrected chi connectivity index (χ4v) is 1.68. The molecule has 1 rings (SSSR count). The zero-order valence-corrected chi connectivity index (χ0v) is 11.2. The Kier molecular flexibility index (Phi) is 5.08. The minimum Gasteiger partial charge on any atom is -0.478 e. The van der Waals surface area contributed by atoms with Gasteiger partial charge in [0.1, 0.15) is 6.04 Å². The van der Waals surface area contributed by atoms with Gasteiger partial charge in [0, 0.05) is 0 Å². The van der Waals surface area contributed by atoms with E-state index in [1.807, 2.05) is 0 Å². The number of hydrogen-bond acceptors (Lipinski definition) is 3. The molecule has 0 heterocycles. The number of nitrogens with one attached hydrogen (secondary N) is 2. The van der Waals surface area contributed by atoms with E-state index in [1.54, 1.807) is 26.0 Å². The zero-order valence-electron chi connectivity index (χ0n) is 11.2. The number of carbonyl (C=O) groups is 3. The van der Waals surface area contributed by atoms with Crippen LogP contribution in [-0.2, 0) is 4.79 Å². The van der Waals surface area contributed by atoms with Gasteiger partial charge >= 0.3 is 12.0 Å². The number of carboxylic acid groups (broad SMARTS) is 1. The van der Waals surface area contributed by atoms with Gasteiger partial charge in [0.05, 0.1) is 11.3 Å². The Labute approximate surface area is 116 Å². The third kappa shape index (κ3) is 3.98. The number of rotatable bonds is 5. The van der Waals surface area contributed by atoms with Crippen molar-refractivity contribution < 1.29 is 19.5 Å². The van der Waals surface area contributed by atoms with Crippen LogP contribution in [0.15, 0.2) is 24.3 Å². The summed E-state index contributed by atoms with van der Waals surface area (Å²) in [6.07, 6.45) is 0. The average molecular weight is 279 g/mol. The Morgan fingerprint density at radius 1 is 1.20 bits per heavy atom. The number of amides is 3. The number of anilines is 1. The molecule has 0 saturated heterocycles. The Hall–Kier alpha value is -2.57. The highest BCUT2D eigenvalue weighted by Crippen LogP contribution is 2.16. The summed E-state index contributed by atoms with van der Waals surface area (Å²) < 4.78 is 0. The van der Waals surface area contributed by atoms with E-state index in [4.69, 9.17) is 10.8 Å². The highest BCUT2D eigenvalue weighted by molar-refractivity contribution is 6.03. The van der Waals surface area contributed by atoms with Crippen molar-refractivity contribution in [2.45, 2.75) is 19.9 Å². The summed E-state index contributed by atoms with van der Waals surface area (Å²) in [4.78, 5) is 34.0. The topological polar surface area (TPSA) is 122 Å². The lowest BCUT2D eigenvalue weighted by Gasteiger charge is -2.21. The van der Waals surface area contributed by atoms with Crippen molar-refractivity contribution in [1.29, 1.82) is 0 Å². The summed E-state index contributed by atoms with van der Waals surface area (Å²) in [5.41, 5.74) is 5.16. The average Bonchev–Trinajstić information content (AvgIpc) is 2.35. The molecule has 1 atom stereocenters. The van der Waals surface area contributed by atoms with E-state index in [-0.39, 0.29) is 17.2 Å². The molecule has 5 N–H and O–H groups in total. The summed E-state index contributed by atoms with van der Waals surface area (Å²) >= 11 is 0. The molecule has 0 aromatic heterocycles. The molecule has 0 fully saturated rings. The van der Waals surface area contributed by atoms with Crippen molar-refractivity contribution >= 4 is 23.6 Å². The number of benzene rings is 1. The number of carboxylic acids is 1. The van der Waals surface area contributed by atoms with Gasteiger partial charge in [-0.2, -0.15) is 0 Å². The van der Waals surface area contributed by atoms with Gasteiger partial charge in [-0.1, -0.05) is 26.0 Å². The van der Waals surface area contributed by atoms with Crippen LogP contribution < -0.4 is 16.4 Å². The molecule has 1 aromatic rings. The van der Waals surface area contributed by atoms with Gasteiger partial charge in [-0.25, -0.2) is 9.59 Å². The predicted molar refractivity (Wildman–Crippen MR) is 73.4 cm³/mol. The Morgan fingerprint density at radius 2 is 1.80 bits per heavy atom. The second-order valence-corrected chi connectivity index (χ2v) is 4.57. The third-order valence-electron chi connectivity index (χ3n) is 2.66. The van der Waals surface area contributed by atoms with Gasteiger partial charge in [-0.3, -0.25) is 4.79 Å². The van der Waals surface area contributed by atoms with Crippen LogP contribution >= 0.6 is 0 Å². The normalized spacial score (nSPS) is 11.8. The maximum Gasteiger partial charge on any atom is 0.337 e. The van der Waals surface area contributed by atoms with Gasteiger partial charge in [0.15, 0.2) is 0 Å². The summed E-state index contributed by atoms with van der Waals surface area (Å²) in [5, 5.41) is 13.8. The Morgan fingerprint density at radius 3 is 2.30 bits per heavy atom. The molecule has 0 aliphatic carbocycles. The molecule has 1 aromatic carbocycles. The van der Waals surface area contributed by atoms with Gasteiger partial charge in [0.2, 0.25) is 5.91 Å². The number of nitrogens with two attached hydrogens (primary N) is 1. The fourth-order valence-electron chi connectivity index (χ4n) is 1.68. The van der Waals surface area contributed by atoms with E-state index < -0.39 is 23.9 Å². The quantitative estimate of drug-likeness (QED) is 0.642. The van der Waals surface area contributed by atoms with Crippen LogP contribution in [0.2, 0.25) is 0 Å². The van der Waals surface area contributed by atoms with Crippen molar-refractivity contribution in [1.82, 2.24) is 5.32 Å². The van der Waals surface area contributed by atoms with E-state index in [1.165, 1.54) is 12.1 Å². The zero-order chi connectivity index (χ0) is 15.3. The second-order valence-electron chi connectivity index (χ2n) is 4.57. The Balaban J connectivity index is 2.94. The van der Waals surface area contributed by atoms with Crippen LogP contribution in [-0.4, -0.2) is 29.1 Å². The molecule has 0 spiro atoms. The monoisotopic (exact) mass is 279 g/mol. The molecule has 7 nitrogen and oxygen atoms in total. The van der Waals surface area contributed by atoms with E-state index >= 15 is 0 Å². The van der Waals surface area contributed by atoms with Crippen LogP contribution in [0.3, 0.4) is 0 Å². The predicted octanol–water partition coefficient (Wildman–Crippen LogP) is 1.02. The maximum absolute atomic E-state index is 12.1. The molecule has 108 valence electrons. The van der Waals surface area contributed by atoms with Crippen LogP contribution in [0.25, 0.3) is 0 Å². The number of aromatic carboxylic acids is 1. The molecule has 0 saturated carbocycles. The highest BCUT2D eigenvalue weighted by Gasteiger charge is 2.24. The molecule has 20 heavy (non-hydrogen) atoms. The molecule has 0 aliphatic heterocycles. The number of primary amides is 1. The Bertz CT molecular complexity index is 528. The number of carbonyl (C=O) groups excluding carboxylic acids is 2. The molecule has 0 aliphatic rings. The van der Waals surface area contributed by atoms with Gasteiger partial charge in [0.25, 0.3) is 0 Å². The first-order valence-corrected chi connectivity index (χ1v) is 6.02. The first kappa shape index (κ1) is 15.5. The smallest absolute Gasteiger partial charge is 0.337 e. The van der Waals surface area contributed by atoms with E-state index in [2.05, 4.69) is 10.6 Å². The lowest BCUT2D eigenvalue weighted by atomic mass is 10.0. The molecule has 0 bridgehead atoms. The molecule has 0 radical (unpaired) electrons. The third-order valence-corrected chi connectivity index (χ3v) is 2.66. The van der Waals surface area contributed by atoms with Crippen LogP contribution in [0, 0.1) is 5.92 Å². The van der Waals surface area contributed by atoms with Crippen molar-refractivity contribution in [3.63, 3.8) is 0 Å². The molecule has 7 heteroatoms. The first-order valence-electron chi connectivity index (χ1n) is 6.02. The molecule has 3 amide bonds. The molecule has 0 unspecified atom stereocenters. The lowest BCUT2D eigenvalue weighted by molar-refractivity contribution is -0.118. The number of urea groups is 1. The molecular weight excluding hydrogens is 262 g/mol. The fraction of sp³-hybridized carbons (Fsp3) is 0.308. The van der Waals surface area contributed by atoms with E-state index in [0.29, 0.717) is 0 Å². The van der Waals surface area contributed by atoms with Crippen molar-refractivity contribution in [3.05, 3.63) is 29.8 Å². The van der Waals surface area contributed by atoms with Gasteiger partial charge in [-0.15, -0.1) is 0 Å². The number of hydrogen-bond donors (Lipinski definition) is 4. The van der Waals surface area contributed by atoms with Crippen molar-refractivity contribution in [2.75, 3.05) is 5.32 Å². The SMILES string of the molecule is CC(C)[C@H](NC(N)=O)C(=O)Nc1ccccc1C(=O)O. The van der Waals surface area contributed by atoms with Crippen molar-refractivity contribution in [3.8, 4) is 0 Å². The summed E-state index contributed by atoms with van der Waals surface area (Å²) in [6.45, 7) is 3.48. The summed E-state index contributed by atoms with van der Waals surface area (Å²) in [7, 11) is 0. The van der Waals surface area contributed by atoms with Crippen LogP contribution in [0.4, 0.5) is 10.5 Å². The summed E-state index contributed by atoms with van der Waals surface area (Å²) in [5.74, 6) is -1.86. The van der Waals surface area contributed by atoms with Gasteiger partial charge < -0.3 is 21.5 Å².